The Morgan fingerprint density at radius 2 is 2.11 bits per heavy atom. The molecule has 0 spiro atoms. The Kier molecular flexibility index (Phi) is 6.12. The van der Waals surface area contributed by atoms with Crippen molar-refractivity contribution < 1.29 is 14.9 Å². The molecule has 18 heavy (non-hydrogen) atoms. The van der Waals surface area contributed by atoms with Crippen molar-refractivity contribution >= 4 is 0 Å². The van der Waals surface area contributed by atoms with Gasteiger partial charge in [-0.25, -0.2) is 0 Å². The minimum absolute atomic E-state index is 0.0273. The second-order valence-electron chi connectivity index (χ2n) is 4.73. The van der Waals surface area contributed by atoms with Crippen molar-refractivity contribution in [2.24, 2.45) is 0 Å². The van der Waals surface area contributed by atoms with Gasteiger partial charge in [0.05, 0.1) is 19.8 Å². The van der Waals surface area contributed by atoms with E-state index in [1.165, 1.54) is 0 Å². The van der Waals surface area contributed by atoms with Gasteiger partial charge in [0.1, 0.15) is 5.75 Å². The zero-order valence-corrected chi connectivity index (χ0v) is 11.1. The molecule has 1 aromatic carbocycles. The predicted octanol–water partition coefficient (Wildman–Crippen LogP) is 1.31. The first-order valence-corrected chi connectivity index (χ1v) is 6.26. The van der Waals surface area contributed by atoms with Crippen LogP contribution in [0.25, 0.3) is 0 Å². The van der Waals surface area contributed by atoms with Crippen LogP contribution in [0.2, 0.25) is 0 Å². The SMILES string of the molecule is CNC(C)(CO)CCCOc1cccc(CO)c1. The third-order valence-electron chi connectivity index (χ3n) is 3.18. The van der Waals surface area contributed by atoms with Gasteiger partial charge < -0.3 is 20.3 Å². The van der Waals surface area contributed by atoms with Crippen molar-refractivity contribution in [2.75, 3.05) is 20.3 Å². The number of likely N-dealkylation sites (N-methyl/N-ethyl adjacent to an activating group) is 1. The Morgan fingerprint density at radius 1 is 1.33 bits per heavy atom. The molecule has 3 N–H and O–H groups in total. The first-order valence-electron chi connectivity index (χ1n) is 6.26. The number of rotatable bonds is 8. The summed E-state index contributed by atoms with van der Waals surface area (Å²) in [6.07, 6.45) is 1.71. The van der Waals surface area contributed by atoms with Crippen LogP contribution < -0.4 is 10.1 Å². The highest BCUT2D eigenvalue weighted by atomic mass is 16.5. The molecule has 0 aliphatic rings. The summed E-state index contributed by atoms with van der Waals surface area (Å²) in [5.74, 6) is 0.775. The molecule has 0 heterocycles. The van der Waals surface area contributed by atoms with Crippen LogP contribution in [0.4, 0.5) is 0 Å². The highest BCUT2D eigenvalue weighted by Gasteiger charge is 2.19. The van der Waals surface area contributed by atoms with E-state index in [4.69, 9.17) is 9.84 Å². The maximum absolute atomic E-state index is 9.24. The number of aliphatic hydroxyl groups is 2. The first kappa shape index (κ1) is 15.0. The highest BCUT2D eigenvalue weighted by molar-refractivity contribution is 5.27. The standard InChI is InChI=1S/C14H23NO3/c1-14(11-17,15-2)7-4-8-18-13-6-3-5-12(9-13)10-16/h3,5-6,9,15-17H,4,7-8,10-11H2,1-2H3. The van der Waals surface area contributed by atoms with E-state index in [0.29, 0.717) is 6.61 Å². The Balaban J connectivity index is 2.33. The minimum atomic E-state index is -0.240. The molecular formula is C14H23NO3. The smallest absolute Gasteiger partial charge is 0.119 e. The molecule has 1 atom stereocenters. The second-order valence-corrected chi connectivity index (χ2v) is 4.73. The maximum Gasteiger partial charge on any atom is 0.119 e. The molecule has 4 nitrogen and oxygen atoms in total. The van der Waals surface area contributed by atoms with E-state index in [1.807, 2.05) is 38.2 Å². The summed E-state index contributed by atoms with van der Waals surface area (Å²) in [6.45, 7) is 2.73. The lowest BCUT2D eigenvalue weighted by atomic mass is 9.97. The lowest BCUT2D eigenvalue weighted by Gasteiger charge is -2.26. The van der Waals surface area contributed by atoms with E-state index in [9.17, 15) is 5.11 Å². The number of nitrogens with one attached hydrogen (secondary N) is 1. The fourth-order valence-electron chi connectivity index (χ4n) is 1.67. The number of hydrogen-bond donors (Lipinski definition) is 3. The van der Waals surface area contributed by atoms with Gasteiger partial charge in [0.15, 0.2) is 0 Å². The zero-order chi connectivity index (χ0) is 13.4. The van der Waals surface area contributed by atoms with Gasteiger partial charge in [-0.15, -0.1) is 0 Å². The average Bonchev–Trinajstić information content (AvgIpc) is 2.43. The van der Waals surface area contributed by atoms with Gasteiger partial charge in [0.25, 0.3) is 0 Å². The van der Waals surface area contributed by atoms with Crippen molar-refractivity contribution in [1.29, 1.82) is 0 Å². The Bertz CT molecular complexity index is 351. The van der Waals surface area contributed by atoms with Crippen LogP contribution in [0.15, 0.2) is 24.3 Å². The van der Waals surface area contributed by atoms with Crippen molar-refractivity contribution in [3.05, 3.63) is 29.8 Å². The van der Waals surface area contributed by atoms with Crippen LogP contribution in [-0.4, -0.2) is 36.0 Å². The number of ether oxygens (including phenoxy) is 1. The van der Waals surface area contributed by atoms with Crippen LogP contribution in [-0.2, 0) is 6.61 Å². The molecule has 0 radical (unpaired) electrons. The number of aliphatic hydroxyl groups excluding tert-OH is 2. The van der Waals surface area contributed by atoms with Gasteiger partial charge in [-0.1, -0.05) is 12.1 Å². The summed E-state index contributed by atoms with van der Waals surface area (Å²) in [5.41, 5.74) is 0.610. The van der Waals surface area contributed by atoms with E-state index in [1.54, 1.807) is 0 Å². The van der Waals surface area contributed by atoms with E-state index in [-0.39, 0.29) is 18.8 Å². The van der Waals surface area contributed by atoms with Crippen LogP contribution in [0, 0.1) is 0 Å². The Labute approximate surface area is 109 Å². The summed E-state index contributed by atoms with van der Waals surface area (Å²) < 4.78 is 5.61. The molecule has 1 rings (SSSR count). The molecular weight excluding hydrogens is 230 g/mol. The second kappa shape index (κ2) is 7.36. The minimum Gasteiger partial charge on any atom is -0.494 e. The number of benzene rings is 1. The lowest BCUT2D eigenvalue weighted by Crippen LogP contribution is -2.43. The third kappa shape index (κ3) is 4.64. The van der Waals surface area contributed by atoms with Crippen LogP contribution in [0.5, 0.6) is 5.75 Å². The molecule has 1 unspecified atom stereocenters. The fraction of sp³-hybridized carbons (Fsp3) is 0.571. The van der Waals surface area contributed by atoms with Gasteiger partial charge >= 0.3 is 0 Å². The van der Waals surface area contributed by atoms with Gasteiger partial charge in [-0.2, -0.15) is 0 Å². The normalized spacial score (nSPS) is 14.2. The van der Waals surface area contributed by atoms with Crippen molar-refractivity contribution in [2.45, 2.75) is 31.9 Å². The van der Waals surface area contributed by atoms with E-state index in [2.05, 4.69) is 5.32 Å². The Morgan fingerprint density at radius 3 is 2.72 bits per heavy atom. The third-order valence-corrected chi connectivity index (χ3v) is 3.18. The fourth-order valence-corrected chi connectivity index (χ4v) is 1.67. The summed E-state index contributed by atoms with van der Waals surface area (Å²) >= 11 is 0. The van der Waals surface area contributed by atoms with Gasteiger partial charge in [0, 0.05) is 5.54 Å². The molecule has 102 valence electrons. The molecule has 0 aromatic heterocycles. The summed E-state index contributed by atoms with van der Waals surface area (Å²) in [7, 11) is 1.85. The molecule has 0 aliphatic heterocycles. The predicted molar refractivity (Wildman–Crippen MR) is 71.6 cm³/mol. The monoisotopic (exact) mass is 253 g/mol. The lowest BCUT2D eigenvalue weighted by molar-refractivity contribution is 0.163. The van der Waals surface area contributed by atoms with E-state index >= 15 is 0 Å². The van der Waals surface area contributed by atoms with Gasteiger partial charge in [-0.3, -0.25) is 0 Å². The summed E-state index contributed by atoms with van der Waals surface area (Å²) in [5, 5.41) is 21.4. The summed E-state index contributed by atoms with van der Waals surface area (Å²) in [4.78, 5) is 0. The zero-order valence-electron chi connectivity index (χ0n) is 11.1. The largest absolute Gasteiger partial charge is 0.494 e. The molecule has 0 aliphatic carbocycles. The molecule has 1 aromatic rings. The molecule has 4 heteroatoms. The van der Waals surface area contributed by atoms with Gasteiger partial charge in [0.2, 0.25) is 0 Å². The molecule has 0 fully saturated rings. The Hall–Kier alpha value is -1.10. The first-order chi connectivity index (χ1) is 8.63. The quantitative estimate of drug-likeness (QED) is 0.611. The molecule has 0 amide bonds. The topological polar surface area (TPSA) is 61.7 Å². The van der Waals surface area contributed by atoms with E-state index < -0.39 is 0 Å². The molecule has 0 saturated carbocycles. The van der Waals surface area contributed by atoms with Gasteiger partial charge in [-0.05, 0) is 44.5 Å². The molecule has 0 bridgehead atoms. The average molecular weight is 253 g/mol. The maximum atomic E-state index is 9.24. The van der Waals surface area contributed by atoms with Crippen LogP contribution in [0.1, 0.15) is 25.3 Å². The molecule has 0 saturated heterocycles. The van der Waals surface area contributed by atoms with Crippen molar-refractivity contribution in [3.63, 3.8) is 0 Å². The van der Waals surface area contributed by atoms with Crippen LogP contribution in [0.3, 0.4) is 0 Å². The summed E-state index contributed by atoms with van der Waals surface area (Å²) in [6, 6.07) is 7.44. The van der Waals surface area contributed by atoms with Crippen molar-refractivity contribution in [1.82, 2.24) is 5.32 Å². The highest BCUT2D eigenvalue weighted by Crippen LogP contribution is 2.15. The van der Waals surface area contributed by atoms with Crippen LogP contribution >= 0.6 is 0 Å². The van der Waals surface area contributed by atoms with E-state index in [0.717, 1.165) is 24.2 Å². The number of hydrogen-bond acceptors (Lipinski definition) is 4. The van der Waals surface area contributed by atoms with Crippen molar-refractivity contribution in [3.8, 4) is 5.75 Å².